The Bertz CT molecular complexity index is 295. The Hall–Kier alpha value is -1.67. The highest BCUT2D eigenvalue weighted by Gasteiger charge is 2.05. The van der Waals surface area contributed by atoms with Crippen LogP contribution in [0.25, 0.3) is 0 Å². The van der Waals surface area contributed by atoms with Crippen molar-refractivity contribution in [2.75, 3.05) is 30.5 Å². The van der Waals surface area contributed by atoms with Gasteiger partial charge < -0.3 is 15.2 Å². The molecule has 1 aromatic heterocycles. The summed E-state index contributed by atoms with van der Waals surface area (Å²) in [5.41, 5.74) is 2.32. The van der Waals surface area contributed by atoms with Gasteiger partial charge in [0.1, 0.15) is 0 Å². The van der Waals surface area contributed by atoms with Crippen LogP contribution in [-0.4, -0.2) is 39.8 Å². The van der Waals surface area contributed by atoms with Crippen LogP contribution in [0.5, 0.6) is 6.01 Å². The van der Waals surface area contributed by atoms with Crippen LogP contribution in [0.4, 0.5) is 11.9 Å². The Morgan fingerprint density at radius 2 is 2.06 bits per heavy atom. The SMILES string of the molecule is CCCOc1nc(NN)nc(NCCO)n1. The Balaban J connectivity index is 2.74. The fourth-order valence-electron chi connectivity index (χ4n) is 0.926. The van der Waals surface area contributed by atoms with E-state index in [2.05, 4.69) is 25.7 Å². The van der Waals surface area contributed by atoms with Crippen molar-refractivity contribution in [3.63, 3.8) is 0 Å². The quantitative estimate of drug-likeness (QED) is 0.359. The fraction of sp³-hybridized carbons (Fsp3) is 0.625. The molecule has 0 saturated carbocycles. The molecule has 1 rings (SSSR count). The molecule has 0 bridgehead atoms. The Kier molecular flexibility index (Phi) is 5.23. The van der Waals surface area contributed by atoms with Crippen LogP contribution < -0.4 is 21.3 Å². The lowest BCUT2D eigenvalue weighted by atomic mass is 10.5. The lowest BCUT2D eigenvalue weighted by Crippen LogP contribution is -2.16. The van der Waals surface area contributed by atoms with Crippen LogP contribution in [-0.2, 0) is 0 Å². The second-order valence-electron chi connectivity index (χ2n) is 2.91. The van der Waals surface area contributed by atoms with E-state index >= 15 is 0 Å². The highest BCUT2D eigenvalue weighted by atomic mass is 16.5. The minimum atomic E-state index is -0.0117. The molecule has 0 aliphatic heterocycles. The lowest BCUT2D eigenvalue weighted by molar-refractivity contribution is 0.291. The molecule has 1 aromatic rings. The molecule has 90 valence electrons. The lowest BCUT2D eigenvalue weighted by Gasteiger charge is -2.07. The number of nitrogens with one attached hydrogen (secondary N) is 2. The zero-order valence-electron chi connectivity index (χ0n) is 9.10. The third-order valence-corrected chi connectivity index (χ3v) is 1.57. The number of hydrogen-bond acceptors (Lipinski definition) is 8. The first kappa shape index (κ1) is 12.4. The standard InChI is InChI=1S/C8H16N6O2/c1-2-5-16-8-12-6(10-3-4-15)11-7(13-8)14-9/h15H,2-5,9H2,1H3,(H2,10,11,12,13,14). The monoisotopic (exact) mass is 228 g/mol. The summed E-state index contributed by atoms with van der Waals surface area (Å²) >= 11 is 0. The summed E-state index contributed by atoms with van der Waals surface area (Å²) in [6.07, 6.45) is 0.858. The number of ether oxygens (including phenoxy) is 1. The number of aliphatic hydroxyl groups is 1. The predicted molar refractivity (Wildman–Crippen MR) is 59.0 cm³/mol. The molecule has 0 amide bonds. The van der Waals surface area contributed by atoms with Crippen LogP contribution in [0.3, 0.4) is 0 Å². The van der Waals surface area contributed by atoms with E-state index in [1.54, 1.807) is 0 Å². The molecule has 0 atom stereocenters. The van der Waals surface area contributed by atoms with E-state index in [-0.39, 0.29) is 18.6 Å². The summed E-state index contributed by atoms with van der Waals surface area (Å²) in [5, 5.41) is 11.5. The number of rotatable bonds is 7. The number of hydrazine groups is 1. The number of nitrogens with zero attached hydrogens (tertiary/aromatic N) is 3. The van der Waals surface area contributed by atoms with Gasteiger partial charge in [0.05, 0.1) is 13.2 Å². The zero-order valence-corrected chi connectivity index (χ0v) is 9.10. The molecule has 0 aliphatic rings. The maximum atomic E-state index is 8.66. The smallest absolute Gasteiger partial charge is 0.323 e. The van der Waals surface area contributed by atoms with Gasteiger partial charge >= 0.3 is 6.01 Å². The van der Waals surface area contributed by atoms with Gasteiger partial charge in [-0.05, 0) is 6.42 Å². The summed E-state index contributed by atoms with van der Waals surface area (Å²) in [6.45, 7) is 2.84. The second kappa shape index (κ2) is 6.75. The van der Waals surface area contributed by atoms with Crippen molar-refractivity contribution >= 4 is 11.9 Å². The number of aromatic nitrogens is 3. The fourth-order valence-corrected chi connectivity index (χ4v) is 0.926. The molecule has 0 aromatic carbocycles. The van der Waals surface area contributed by atoms with E-state index in [1.807, 2.05) is 6.92 Å². The van der Waals surface area contributed by atoms with Gasteiger partial charge in [-0.3, -0.25) is 5.43 Å². The van der Waals surface area contributed by atoms with Gasteiger partial charge in [0, 0.05) is 6.54 Å². The third-order valence-electron chi connectivity index (χ3n) is 1.57. The van der Waals surface area contributed by atoms with Gasteiger partial charge in [0.25, 0.3) is 0 Å². The molecule has 0 fully saturated rings. The van der Waals surface area contributed by atoms with Crippen molar-refractivity contribution in [1.29, 1.82) is 0 Å². The van der Waals surface area contributed by atoms with E-state index < -0.39 is 0 Å². The molecule has 0 aliphatic carbocycles. The van der Waals surface area contributed by atoms with E-state index in [4.69, 9.17) is 15.7 Å². The van der Waals surface area contributed by atoms with Crippen molar-refractivity contribution in [3.8, 4) is 6.01 Å². The molecule has 8 nitrogen and oxygen atoms in total. The summed E-state index contributed by atoms with van der Waals surface area (Å²) < 4.78 is 5.26. The Morgan fingerprint density at radius 3 is 2.69 bits per heavy atom. The molecule has 1 heterocycles. The molecule has 16 heavy (non-hydrogen) atoms. The van der Waals surface area contributed by atoms with E-state index in [0.29, 0.717) is 19.1 Å². The maximum Gasteiger partial charge on any atom is 0.323 e. The van der Waals surface area contributed by atoms with Gasteiger partial charge in [0.15, 0.2) is 0 Å². The summed E-state index contributed by atoms with van der Waals surface area (Å²) in [4.78, 5) is 11.8. The molecule has 0 spiro atoms. The minimum Gasteiger partial charge on any atom is -0.463 e. The van der Waals surface area contributed by atoms with Crippen molar-refractivity contribution in [1.82, 2.24) is 15.0 Å². The first-order valence-corrected chi connectivity index (χ1v) is 5.00. The number of hydrogen-bond donors (Lipinski definition) is 4. The first-order chi connectivity index (χ1) is 7.80. The normalized spacial score (nSPS) is 9.94. The molecule has 0 unspecified atom stereocenters. The number of nitrogen functional groups attached to an aromatic ring is 1. The van der Waals surface area contributed by atoms with Gasteiger partial charge in [-0.1, -0.05) is 6.92 Å². The second-order valence-corrected chi connectivity index (χ2v) is 2.91. The van der Waals surface area contributed by atoms with E-state index in [1.165, 1.54) is 0 Å². The molecular formula is C8H16N6O2. The average Bonchev–Trinajstić information content (AvgIpc) is 2.33. The van der Waals surface area contributed by atoms with Crippen molar-refractivity contribution < 1.29 is 9.84 Å². The van der Waals surface area contributed by atoms with E-state index in [9.17, 15) is 0 Å². The number of nitrogens with two attached hydrogens (primary N) is 1. The van der Waals surface area contributed by atoms with Crippen LogP contribution in [0.15, 0.2) is 0 Å². The summed E-state index contributed by atoms with van der Waals surface area (Å²) in [5.74, 6) is 5.73. The number of anilines is 2. The molecule has 5 N–H and O–H groups in total. The molecule has 8 heteroatoms. The largest absolute Gasteiger partial charge is 0.463 e. The van der Waals surface area contributed by atoms with Gasteiger partial charge in [-0.25, -0.2) is 5.84 Å². The Morgan fingerprint density at radius 1 is 1.31 bits per heavy atom. The van der Waals surface area contributed by atoms with Crippen LogP contribution in [0.1, 0.15) is 13.3 Å². The average molecular weight is 228 g/mol. The minimum absolute atomic E-state index is 0.0117. The van der Waals surface area contributed by atoms with Crippen LogP contribution >= 0.6 is 0 Å². The van der Waals surface area contributed by atoms with Gasteiger partial charge in [-0.2, -0.15) is 15.0 Å². The molecule has 0 saturated heterocycles. The van der Waals surface area contributed by atoms with Crippen molar-refractivity contribution in [3.05, 3.63) is 0 Å². The van der Waals surface area contributed by atoms with Gasteiger partial charge in [0.2, 0.25) is 11.9 Å². The maximum absolute atomic E-state index is 8.66. The highest BCUT2D eigenvalue weighted by Crippen LogP contribution is 2.10. The molecular weight excluding hydrogens is 212 g/mol. The van der Waals surface area contributed by atoms with Crippen molar-refractivity contribution in [2.45, 2.75) is 13.3 Å². The third kappa shape index (κ3) is 3.83. The topological polar surface area (TPSA) is 118 Å². The highest BCUT2D eigenvalue weighted by molar-refractivity contribution is 5.34. The van der Waals surface area contributed by atoms with E-state index in [0.717, 1.165) is 6.42 Å². The molecule has 0 radical (unpaired) electrons. The van der Waals surface area contributed by atoms with Crippen molar-refractivity contribution in [2.24, 2.45) is 5.84 Å². The first-order valence-electron chi connectivity index (χ1n) is 5.00. The van der Waals surface area contributed by atoms with Crippen LogP contribution in [0, 0.1) is 0 Å². The Labute approximate surface area is 93.2 Å². The summed E-state index contributed by atoms with van der Waals surface area (Å²) in [7, 11) is 0. The predicted octanol–water partition coefficient (Wildman–Crippen LogP) is -0.650. The summed E-state index contributed by atoms with van der Waals surface area (Å²) in [6, 6.07) is 0.199. The van der Waals surface area contributed by atoms with Gasteiger partial charge in [-0.15, -0.1) is 0 Å². The van der Waals surface area contributed by atoms with Crippen LogP contribution in [0.2, 0.25) is 0 Å². The number of aliphatic hydroxyl groups excluding tert-OH is 1. The zero-order chi connectivity index (χ0) is 11.8.